The summed E-state index contributed by atoms with van der Waals surface area (Å²) < 4.78 is 0. The number of nitrogens with zero attached hydrogens (tertiary/aromatic N) is 3. The maximum absolute atomic E-state index is 13.1. The van der Waals surface area contributed by atoms with Crippen LogP contribution in [0.1, 0.15) is 73.9 Å². The molecule has 0 aromatic carbocycles. The number of fused-ring (bicyclic) bond motifs is 4. The molecular formula is C22H32N4O2S. The molecule has 4 fully saturated rings. The van der Waals surface area contributed by atoms with Crippen molar-refractivity contribution in [3.05, 3.63) is 11.1 Å². The van der Waals surface area contributed by atoms with E-state index in [9.17, 15) is 9.59 Å². The Bertz CT molecular complexity index is 775. The Morgan fingerprint density at radius 1 is 1.14 bits per heavy atom. The third-order valence-corrected chi connectivity index (χ3v) is 8.63. The van der Waals surface area contributed by atoms with Crippen molar-refractivity contribution in [1.29, 1.82) is 0 Å². The van der Waals surface area contributed by atoms with Gasteiger partial charge in [0.05, 0.1) is 6.20 Å². The first-order valence-electron chi connectivity index (χ1n) is 11.4. The number of carbonyl (C=O) groups excluding carboxylic acids is 2. The van der Waals surface area contributed by atoms with Gasteiger partial charge in [0.15, 0.2) is 5.13 Å². The van der Waals surface area contributed by atoms with Gasteiger partial charge in [-0.25, -0.2) is 4.98 Å². The molecule has 1 saturated carbocycles. The average Bonchev–Trinajstić information content (AvgIpc) is 3.17. The van der Waals surface area contributed by atoms with E-state index < -0.39 is 0 Å². The average molecular weight is 417 g/mol. The van der Waals surface area contributed by atoms with Crippen molar-refractivity contribution in [1.82, 2.24) is 14.8 Å². The number of rotatable bonds is 3. The zero-order valence-electron chi connectivity index (χ0n) is 17.1. The second kappa shape index (κ2) is 7.89. The van der Waals surface area contributed by atoms with Crippen LogP contribution in [0, 0.1) is 17.8 Å². The van der Waals surface area contributed by atoms with Crippen LogP contribution in [0.5, 0.6) is 0 Å². The lowest BCUT2D eigenvalue weighted by Crippen LogP contribution is -2.65. The summed E-state index contributed by atoms with van der Waals surface area (Å²) in [6, 6.07) is 0.637. The fourth-order valence-corrected chi connectivity index (χ4v) is 7.20. The summed E-state index contributed by atoms with van der Waals surface area (Å²) in [6.07, 6.45) is 13.4. The highest BCUT2D eigenvalue weighted by Gasteiger charge is 2.50. The van der Waals surface area contributed by atoms with Crippen molar-refractivity contribution in [3.63, 3.8) is 0 Å². The largest absolute Gasteiger partial charge is 0.375 e. The number of likely N-dealkylation sites (tertiary alicyclic amines) is 1. The molecule has 6 nitrogen and oxygen atoms in total. The number of nitrogen functional groups attached to an aromatic ring is 1. The first kappa shape index (κ1) is 19.3. The maximum Gasteiger partial charge on any atom is 0.265 e. The number of hydrogen-bond donors (Lipinski definition) is 1. The molecule has 4 heterocycles. The molecule has 4 atom stereocenters. The Balaban J connectivity index is 1.39. The fraction of sp³-hybridized carbons (Fsp3) is 0.773. The molecule has 7 heteroatoms. The van der Waals surface area contributed by atoms with E-state index in [0.717, 1.165) is 38.3 Å². The van der Waals surface area contributed by atoms with Gasteiger partial charge in [-0.3, -0.25) is 9.59 Å². The molecule has 2 amide bonds. The van der Waals surface area contributed by atoms with Crippen LogP contribution < -0.4 is 5.73 Å². The number of aromatic nitrogens is 1. The van der Waals surface area contributed by atoms with E-state index in [1.54, 1.807) is 6.20 Å². The van der Waals surface area contributed by atoms with E-state index in [0.29, 0.717) is 46.3 Å². The molecule has 29 heavy (non-hydrogen) atoms. The molecule has 0 spiro atoms. The Hall–Kier alpha value is -1.63. The number of thiazole rings is 1. The maximum atomic E-state index is 13.1. The molecule has 0 radical (unpaired) electrons. The van der Waals surface area contributed by atoms with Gasteiger partial charge < -0.3 is 15.5 Å². The minimum atomic E-state index is 0.0703. The van der Waals surface area contributed by atoms with E-state index >= 15 is 0 Å². The molecule has 1 aromatic rings. The Morgan fingerprint density at radius 3 is 2.69 bits per heavy atom. The van der Waals surface area contributed by atoms with Crippen LogP contribution in [0.3, 0.4) is 0 Å². The number of piperidine rings is 3. The predicted molar refractivity (Wildman–Crippen MR) is 113 cm³/mol. The van der Waals surface area contributed by atoms with E-state index in [4.69, 9.17) is 5.73 Å². The van der Waals surface area contributed by atoms with Gasteiger partial charge in [-0.1, -0.05) is 43.4 Å². The van der Waals surface area contributed by atoms with Crippen LogP contribution in [0.4, 0.5) is 5.13 Å². The van der Waals surface area contributed by atoms with E-state index in [1.165, 1.54) is 49.9 Å². The van der Waals surface area contributed by atoms with Crippen LogP contribution in [0.15, 0.2) is 6.20 Å². The van der Waals surface area contributed by atoms with Crippen molar-refractivity contribution in [3.8, 4) is 0 Å². The highest BCUT2D eigenvalue weighted by atomic mass is 32.1. The Labute approximate surface area is 176 Å². The van der Waals surface area contributed by atoms with Gasteiger partial charge in [0.1, 0.15) is 4.88 Å². The molecule has 3 saturated heterocycles. The molecule has 2 N–H and O–H groups in total. The highest BCUT2D eigenvalue weighted by molar-refractivity contribution is 7.17. The molecule has 1 aromatic heterocycles. The number of carbonyl (C=O) groups is 2. The minimum absolute atomic E-state index is 0.0703. The molecule has 158 valence electrons. The fourth-order valence-electron chi connectivity index (χ4n) is 6.55. The lowest BCUT2D eigenvalue weighted by atomic mass is 9.69. The summed E-state index contributed by atoms with van der Waals surface area (Å²) in [5.41, 5.74) is 5.76. The summed E-state index contributed by atoms with van der Waals surface area (Å²) in [7, 11) is 0. The normalized spacial score (nSPS) is 32.9. The van der Waals surface area contributed by atoms with Crippen molar-refractivity contribution in [2.45, 2.75) is 76.3 Å². The van der Waals surface area contributed by atoms with Gasteiger partial charge in [-0.05, 0) is 43.4 Å². The van der Waals surface area contributed by atoms with Gasteiger partial charge in [-0.2, -0.15) is 0 Å². The lowest BCUT2D eigenvalue weighted by molar-refractivity contribution is -0.153. The summed E-state index contributed by atoms with van der Waals surface area (Å²) in [4.78, 5) is 35.2. The van der Waals surface area contributed by atoms with Crippen molar-refractivity contribution < 1.29 is 9.59 Å². The predicted octanol–water partition coefficient (Wildman–Crippen LogP) is 3.54. The first-order valence-corrected chi connectivity index (χ1v) is 12.2. The van der Waals surface area contributed by atoms with E-state index in [2.05, 4.69) is 9.88 Å². The zero-order chi connectivity index (χ0) is 20.0. The number of amides is 2. The SMILES string of the molecule is Nc1ncc(C(=O)N2C[C@H]3C[C@@H](C2)[C@H](CC2CCCCC2)N2C(=O)CCC[C@@H]32)s1. The smallest absolute Gasteiger partial charge is 0.265 e. The molecule has 5 rings (SSSR count). The summed E-state index contributed by atoms with van der Waals surface area (Å²) in [5.74, 6) is 2.00. The topological polar surface area (TPSA) is 79.5 Å². The van der Waals surface area contributed by atoms with Gasteiger partial charge in [0, 0.05) is 31.6 Å². The van der Waals surface area contributed by atoms with Crippen LogP contribution in [0.25, 0.3) is 0 Å². The van der Waals surface area contributed by atoms with Crippen LogP contribution in [0.2, 0.25) is 0 Å². The van der Waals surface area contributed by atoms with Crippen molar-refractivity contribution in [2.24, 2.45) is 17.8 Å². The molecule has 2 bridgehead atoms. The van der Waals surface area contributed by atoms with E-state index in [1.807, 2.05) is 4.90 Å². The summed E-state index contributed by atoms with van der Waals surface area (Å²) in [5, 5.41) is 0.449. The molecule has 1 aliphatic carbocycles. The number of nitrogens with two attached hydrogens (primary N) is 1. The van der Waals surface area contributed by atoms with Gasteiger partial charge >= 0.3 is 0 Å². The second-order valence-corrected chi connectivity index (χ2v) is 10.7. The number of hydrogen-bond acceptors (Lipinski definition) is 5. The monoisotopic (exact) mass is 416 g/mol. The number of anilines is 1. The zero-order valence-corrected chi connectivity index (χ0v) is 17.9. The standard InChI is InChI=1S/C22H32N4O2S/c23-22-24-11-19(29-22)21(28)25-12-15-10-16(13-25)18(9-14-5-2-1-3-6-14)26-17(15)7-4-8-20(26)27/h11,14-18H,1-10,12-13H2,(H2,23,24)/t15-,16+,17+,18+/m1/s1. The summed E-state index contributed by atoms with van der Waals surface area (Å²) in [6.45, 7) is 1.53. The Kier molecular flexibility index (Phi) is 5.26. The first-order chi connectivity index (χ1) is 14.1. The minimum Gasteiger partial charge on any atom is -0.375 e. The molecular weight excluding hydrogens is 384 g/mol. The van der Waals surface area contributed by atoms with E-state index in [-0.39, 0.29) is 5.91 Å². The Morgan fingerprint density at radius 2 is 1.93 bits per heavy atom. The molecule has 4 aliphatic rings. The van der Waals surface area contributed by atoms with Gasteiger partial charge in [0.25, 0.3) is 5.91 Å². The molecule has 0 unspecified atom stereocenters. The van der Waals surface area contributed by atoms with Gasteiger partial charge in [0.2, 0.25) is 5.91 Å². The third kappa shape index (κ3) is 3.66. The molecule has 3 aliphatic heterocycles. The summed E-state index contributed by atoms with van der Waals surface area (Å²) >= 11 is 1.28. The highest BCUT2D eigenvalue weighted by Crippen LogP contribution is 2.45. The van der Waals surface area contributed by atoms with Crippen molar-refractivity contribution in [2.75, 3.05) is 18.8 Å². The van der Waals surface area contributed by atoms with Gasteiger partial charge in [-0.15, -0.1) is 0 Å². The lowest BCUT2D eigenvalue weighted by Gasteiger charge is -2.57. The third-order valence-electron chi connectivity index (χ3n) is 7.82. The van der Waals surface area contributed by atoms with Crippen LogP contribution >= 0.6 is 11.3 Å². The second-order valence-electron chi connectivity index (χ2n) is 9.60. The van der Waals surface area contributed by atoms with Crippen LogP contribution in [-0.2, 0) is 4.79 Å². The van der Waals surface area contributed by atoms with Crippen molar-refractivity contribution >= 4 is 28.3 Å². The quantitative estimate of drug-likeness (QED) is 0.817. The van der Waals surface area contributed by atoms with Crippen LogP contribution in [-0.4, -0.2) is 51.8 Å².